The molecular weight excluding hydrogens is 370 g/mol. The van der Waals surface area contributed by atoms with Crippen molar-refractivity contribution in [3.63, 3.8) is 0 Å². The lowest BCUT2D eigenvalue weighted by atomic mass is 9.73. The van der Waals surface area contributed by atoms with Gasteiger partial charge in [0.1, 0.15) is 17.0 Å². The molecule has 2 saturated heterocycles. The zero-order chi connectivity index (χ0) is 20.6. The number of likely N-dealkylation sites (tertiary alicyclic amines) is 1. The molecule has 4 rings (SSSR count). The molecule has 0 unspecified atom stereocenters. The van der Waals surface area contributed by atoms with Crippen molar-refractivity contribution in [1.29, 1.82) is 0 Å². The van der Waals surface area contributed by atoms with Gasteiger partial charge >= 0.3 is 6.03 Å². The molecule has 3 atom stereocenters. The first-order valence-corrected chi connectivity index (χ1v) is 10.6. The summed E-state index contributed by atoms with van der Waals surface area (Å²) >= 11 is 0. The van der Waals surface area contributed by atoms with Crippen molar-refractivity contribution in [3.8, 4) is 11.5 Å². The third-order valence-corrected chi connectivity index (χ3v) is 6.99. The lowest BCUT2D eigenvalue weighted by Crippen LogP contribution is -2.54. The minimum atomic E-state index is -0.706. The molecule has 3 amide bonds. The Bertz CT molecular complexity index is 798. The van der Waals surface area contributed by atoms with Gasteiger partial charge in [-0.3, -0.25) is 9.69 Å². The van der Waals surface area contributed by atoms with Crippen LogP contribution in [0.3, 0.4) is 0 Å². The molecule has 1 aromatic carbocycles. The monoisotopic (exact) mass is 401 g/mol. The van der Waals surface area contributed by atoms with Gasteiger partial charge in [0, 0.05) is 24.2 Å². The molecule has 158 valence electrons. The predicted molar refractivity (Wildman–Crippen MR) is 109 cm³/mol. The molecule has 3 fully saturated rings. The van der Waals surface area contributed by atoms with Gasteiger partial charge in [0.05, 0.1) is 20.9 Å². The Morgan fingerprint density at radius 3 is 2.69 bits per heavy atom. The molecule has 7 nitrogen and oxygen atoms in total. The van der Waals surface area contributed by atoms with E-state index in [0.717, 1.165) is 62.1 Å². The van der Waals surface area contributed by atoms with Gasteiger partial charge in [0.2, 0.25) is 0 Å². The minimum Gasteiger partial charge on any atom is -0.497 e. The first-order chi connectivity index (χ1) is 14.0. The maximum Gasteiger partial charge on any atom is 0.326 e. The Labute approximate surface area is 172 Å². The second kappa shape index (κ2) is 7.86. The zero-order valence-corrected chi connectivity index (χ0v) is 17.6. The van der Waals surface area contributed by atoms with E-state index in [4.69, 9.17) is 9.47 Å². The largest absolute Gasteiger partial charge is 0.497 e. The van der Waals surface area contributed by atoms with Gasteiger partial charge in [-0.2, -0.15) is 0 Å². The fraction of sp³-hybridized carbons (Fsp3) is 0.636. The normalized spacial score (nSPS) is 30.1. The average molecular weight is 402 g/mol. The molecule has 1 saturated carbocycles. The number of amides is 3. The van der Waals surface area contributed by atoms with Crippen LogP contribution in [-0.4, -0.2) is 54.7 Å². The highest BCUT2D eigenvalue weighted by Gasteiger charge is 2.55. The van der Waals surface area contributed by atoms with Crippen LogP contribution in [-0.2, 0) is 4.79 Å². The number of nitrogens with one attached hydrogen (secondary N) is 1. The van der Waals surface area contributed by atoms with Crippen LogP contribution < -0.4 is 14.8 Å². The van der Waals surface area contributed by atoms with Crippen LogP contribution in [0.2, 0.25) is 0 Å². The number of carbonyl (C=O) groups excluding carboxylic acids is 2. The topological polar surface area (TPSA) is 71.1 Å². The number of nitrogens with zero attached hydrogens (tertiary/aromatic N) is 2. The number of ether oxygens (including phenoxy) is 2. The average Bonchev–Trinajstić information content (AvgIpc) is 3.28. The number of hydrogen-bond acceptors (Lipinski definition) is 5. The number of rotatable bonds is 5. The van der Waals surface area contributed by atoms with Crippen molar-refractivity contribution >= 4 is 11.9 Å². The summed E-state index contributed by atoms with van der Waals surface area (Å²) in [5.74, 6) is 1.64. The fourth-order valence-electron chi connectivity index (χ4n) is 5.25. The summed E-state index contributed by atoms with van der Waals surface area (Å²) in [4.78, 5) is 29.7. The summed E-state index contributed by atoms with van der Waals surface area (Å²) in [7, 11) is 3.29. The molecule has 1 aliphatic carbocycles. The first kappa shape index (κ1) is 20.0. The van der Waals surface area contributed by atoms with E-state index < -0.39 is 5.54 Å². The van der Waals surface area contributed by atoms with Crippen LogP contribution in [0, 0.1) is 5.92 Å². The third kappa shape index (κ3) is 3.35. The van der Waals surface area contributed by atoms with E-state index in [9.17, 15) is 9.59 Å². The minimum absolute atomic E-state index is 0.0537. The summed E-state index contributed by atoms with van der Waals surface area (Å²) in [6, 6.07) is 5.70. The van der Waals surface area contributed by atoms with Crippen molar-refractivity contribution < 1.29 is 19.1 Å². The number of methoxy groups -OCH3 is 2. The van der Waals surface area contributed by atoms with Crippen molar-refractivity contribution in [3.05, 3.63) is 23.8 Å². The Balaban J connectivity index is 1.55. The fourth-order valence-corrected chi connectivity index (χ4v) is 5.25. The quantitative estimate of drug-likeness (QED) is 0.767. The van der Waals surface area contributed by atoms with Crippen LogP contribution in [0.15, 0.2) is 18.2 Å². The van der Waals surface area contributed by atoms with Gasteiger partial charge < -0.3 is 14.8 Å². The lowest BCUT2D eigenvalue weighted by Gasteiger charge is -2.37. The van der Waals surface area contributed by atoms with E-state index >= 15 is 0 Å². The van der Waals surface area contributed by atoms with Gasteiger partial charge in [-0.25, -0.2) is 9.69 Å². The Kier molecular flexibility index (Phi) is 5.42. The lowest BCUT2D eigenvalue weighted by molar-refractivity contribution is -0.135. The predicted octanol–water partition coefficient (Wildman–Crippen LogP) is 3.30. The van der Waals surface area contributed by atoms with Gasteiger partial charge in [-0.15, -0.1) is 0 Å². The van der Waals surface area contributed by atoms with Gasteiger partial charge in [-0.1, -0.05) is 25.8 Å². The van der Waals surface area contributed by atoms with Crippen molar-refractivity contribution in [2.24, 2.45) is 5.92 Å². The maximum absolute atomic E-state index is 13.3. The van der Waals surface area contributed by atoms with Gasteiger partial charge in [0.25, 0.3) is 5.91 Å². The molecule has 29 heavy (non-hydrogen) atoms. The molecule has 1 aromatic rings. The number of urea groups is 1. The number of imide groups is 1. The SMILES string of the molecule is COc1ccc([C@@H]2CCCN2CN2C(=O)N[C@]3(CCCC[C@H]3C)C2=O)c(OC)c1. The summed E-state index contributed by atoms with van der Waals surface area (Å²) in [6.45, 7) is 3.25. The van der Waals surface area contributed by atoms with Gasteiger partial charge in [0.15, 0.2) is 0 Å². The van der Waals surface area contributed by atoms with Crippen LogP contribution in [0.25, 0.3) is 0 Å². The van der Waals surface area contributed by atoms with E-state index in [1.54, 1.807) is 14.2 Å². The summed E-state index contributed by atoms with van der Waals surface area (Å²) in [5.41, 5.74) is 0.362. The zero-order valence-electron chi connectivity index (χ0n) is 17.6. The molecular formula is C22H31N3O4. The number of benzene rings is 1. The Morgan fingerprint density at radius 1 is 1.14 bits per heavy atom. The summed E-state index contributed by atoms with van der Waals surface area (Å²) < 4.78 is 10.9. The van der Waals surface area contributed by atoms with Crippen molar-refractivity contribution in [2.75, 3.05) is 27.4 Å². The second-order valence-electron chi connectivity index (χ2n) is 8.50. The molecule has 3 aliphatic rings. The Hall–Kier alpha value is -2.28. The van der Waals surface area contributed by atoms with E-state index in [2.05, 4.69) is 17.1 Å². The summed E-state index contributed by atoms with van der Waals surface area (Å²) in [6.07, 6.45) is 5.82. The van der Waals surface area contributed by atoms with Gasteiger partial charge in [-0.05, 0) is 37.7 Å². The van der Waals surface area contributed by atoms with Crippen LogP contribution >= 0.6 is 0 Å². The summed E-state index contributed by atoms with van der Waals surface area (Å²) in [5, 5.41) is 3.05. The Morgan fingerprint density at radius 2 is 1.97 bits per heavy atom. The molecule has 2 aliphatic heterocycles. The van der Waals surface area contributed by atoms with Crippen LogP contribution in [0.1, 0.15) is 57.1 Å². The molecule has 0 bridgehead atoms. The molecule has 0 aromatic heterocycles. The standard InChI is InChI=1S/C22H31N3O4/c1-15-7-4-5-11-22(15)20(26)25(21(27)23-22)14-24-12-6-8-18(24)17-10-9-16(28-2)13-19(17)29-3/h9-10,13,15,18H,4-8,11-12,14H2,1-3H3,(H,23,27)/t15-,18+,22+/m1/s1. The van der Waals surface area contributed by atoms with Crippen molar-refractivity contribution in [2.45, 2.75) is 57.0 Å². The maximum atomic E-state index is 13.3. The van der Waals surface area contributed by atoms with E-state index in [1.165, 1.54) is 4.90 Å². The first-order valence-electron chi connectivity index (χ1n) is 10.6. The third-order valence-electron chi connectivity index (χ3n) is 6.99. The van der Waals surface area contributed by atoms with E-state index in [1.807, 2.05) is 18.2 Å². The molecule has 2 heterocycles. The van der Waals surface area contributed by atoms with E-state index in [-0.39, 0.29) is 23.9 Å². The number of carbonyl (C=O) groups is 2. The highest BCUT2D eigenvalue weighted by molar-refractivity contribution is 6.07. The highest BCUT2D eigenvalue weighted by atomic mass is 16.5. The molecule has 1 N–H and O–H groups in total. The van der Waals surface area contributed by atoms with Crippen LogP contribution in [0.5, 0.6) is 11.5 Å². The molecule has 7 heteroatoms. The molecule has 1 spiro atoms. The van der Waals surface area contributed by atoms with Crippen molar-refractivity contribution in [1.82, 2.24) is 15.1 Å². The van der Waals surface area contributed by atoms with E-state index in [0.29, 0.717) is 6.67 Å². The highest BCUT2D eigenvalue weighted by Crippen LogP contribution is 2.41. The van der Waals surface area contributed by atoms with Crippen LogP contribution in [0.4, 0.5) is 4.79 Å². The smallest absolute Gasteiger partial charge is 0.326 e. The number of hydrogen-bond donors (Lipinski definition) is 1. The molecule has 0 radical (unpaired) electrons. The second-order valence-corrected chi connectivity index (χ2v) is 8.50.